The number of hydrazone groups is 1. The summed E-state index contributed by atoms with van der Waals surface area (Å²) in [4.78, 5) is 19.3. The maximum absolute atomic E-state index is 12.5. The van der Waals surface area contributed by atoms with E-state index in [1.165, 1.54) is 11.1 Å². The Kier molecular flexibility index (Phi) is 5.54. The van der Waals surface area contributed by atoms with Gasteiger partial charge in [-0.1, -0.05) is 48.0 Å². The first kappa shape index (κ1) is 20.5. The number of fused-ring (bicyclic) bond motifs is 1. The number of likely N-dealkylation sites (tertiary alicyclic amines) is 1. The maximum Gasteiger partial charge on any atom is 0.228 e. The van der Waals surface area contributed by atoms with Gasteiger partial charge >= 0.3 is 0 Å². The molecule has 0 spiro atoms. The Morgan fingerprint density at radius 2 is 2.00 bits per heavy atom. The number of hydrogen-bond donors (Lipinski definition) is 1. The maximum atomic E-state index is 12.5. The van der Waals surface area contributed by atoms with Gasteiger partial charge in [-0.05, 0) is 42.5 Å². The van der Waals surface area contributed by atoms with E-state index in [0.29, 0.717) is 30.5 Å². The first-order valence-electron chi connectivity index (χ1n) is 10.9. The molecule has 0 radical (unpaired) electrons. The van der Waals surface area contributed by atoms with Gasteiger partial charge in [0.15, 0.2) is 6.19 Å². The van der Waals surface area contributed by atoms with Crippen LogP contribution in [0.3, 0.4) is 0 Å². The largest absolute Gasteiger partial charge is 0.332 e. The van der Waals surface area contributed by atoms with Crippen LogP contribution in [0, 0.1) is 11.5 Å². The van der Waals surface area contributed by atoms with Gasteiger partial charge in [0.2, 0.25) is 11.9 Å². The van der Waals surface area contributed by atoms with E-state index in [2.05, 4.69) is 17.4 Å². The molecule has 0 bridgehead atoms. The van der Waals surface area contributed by atoms with Gasteiger partial charge in [0.1, 0.15) is 0 Å². The molecule has 162 valence electrons. The highest BCUT2D eigenvalue weighted by Gasteiger charge is 2.39. The average molecular weight is 447 g/mol. The molecule has 1 fully saturated rings. The number of rotatable bonds is 3. The van der Waals surface area contributed by atoms with Crippen LogP contribution in [-0.2, 0) is 11.2 Å². The average Bonchev–Trinajstić information content (AvgIpc) is 3.52. The number of carbonyl (C=O) groups is 1. The minimum atomic E-state index is -0.201. The summed E-state index contributed by atoms with van der Waals surface area (Å²) in [5, 5.41) is 19.3. The van der Waals surface area contributed by atoms with E-state index in [-0.39, 0.29) is 18.0 Å². The Morgan fingerprint density at radius 3 is 2.75 bits per heavy atom. The van der Waals surface area contributed by atoms with Crippen LogP contribution < -0.4 is 5.32 Å². The van der Waals surface area contributed by atoms with Gasteiger partial charge in [-0.25, -0.2) is 10.0 Å². The van der Waals surface area contributed by atoms with Crippen LogP contribution in [0.5, 0.6) is 0 Å². The summed E-state index contributed by atoms with van der Waals surface area (Å²) in [5.41, 5.74) is 4.18. The van der Waals surface area contributed by atoms with E-state index in [4.69, 9.17) is 21.7 Å². The fraction of sp³-hybridized carbons (Fsp3) is 0.333. The van der Waals surface area contributed by atoms with E-state index in [0.717, 1.165) is 30.5 Å². The molecular formula is C24H23ClN6O. The van der Waals surface area contributed by atoms with Crippen molar-refractivity contribution in [3.63, 3.8) is 0 Å². The summed E-state index contributed by atoms with van der Waals surface area (Å²) >= 11 is 6.08. The fourth-order valence-electron chi connectivity index (χ4n) is 4.77. The second-order valence-electron chi connectivity index (χ2n) is 8.22. The molecule has 1 saturated heterocycles. The van der Waals surface area contributed by atoms with Crippen molar-refractivity contribution in [2.24, 2.45) is 10.1 Å². The van der Waals surface area contributed by atoms with Gasteiger partial charge in [0.05, 0.1) is 24.3 Å². The predicted octanol–water partition coefficient (Wildman–Crippen LogP) is 3.46. The van der Waals surface area contributed by atoms with Crippen molar-refractivity contribution in [3.05, 3.63) is 70.2 Å². The second kappa shape index (κ2) is 8.64. The molecule has 32 heavy (non-hydrogen) atoms. The topological polar surface area (TPSA) is 84.1 Å². The molecule has 2 aromatic carbocycles. The number of nitrogens with zero attached hydrogens (tertiary/aromatic N) is 5. The zero-order chi connectivity index (χ0) is 22.1. The van der Waals surface area contributed by atoms with Crippen LogP contribution in [0.25, 0.3) is 0 Å². The molecule has 1 N–H and O–H groups in total. The Bertz CT molecular complexity index is 1140. The van der Waals surface area contributed by atoms with Crippen LogP contribution in [0.1, 0.15) is 42.0 Å². The van der Waals surface area contributed by atoms with Crippen molar-refractivity contribution in [2.75, 3.05) is 13.1 Å². The molecule has 2 unspecified atom stereocenters. The van der Waals surface area contributed by atoms with Gasteiger partial charge in [-0.15, -0.1) is 0 Å². The minimum absolute atomic E-state index is 0.0244. The van der Waals surface area contributed by atoms with Crippen molar-refractivity contribution in [1.82, 2.24) is 15.2 Å². The number of amides is 1. The summed E-state index contributed by atoms with van der Waals surface area (Å²) in [6, 6.07) is 15.5. The number of nitriles is 1. The summed E-state index contributed by atoms with van der Waals surface area (Å²) in [7, 11) is 0. The van der Waals surface area contributed by atoms with E-state index in [1.807, 2.05) is 47.5 Å². The molecule has 5 rings (SSSR count). The summed E-state index contributed by atoms with van der Waals surface area (Å²) in [5.74, 6) is 0.546. The zero-order valence-corrected chi connectivity index (χ0v) is 18.3. The molecule has 8 heteroatoms. The summed E-state index contributed by atoms with van der Waals surface area (Å²) < 4.78 is 0. The van der Waals surface area contributed by atoms with E-state index in [1.54, 1.807) is 5.01 Å². The summed E-state index contributed by atoms with van der Waals surface area (Å²) in [6.45, 7) is 1.16. The van der Waals surface area contributed by atoms with Gasteiger partial charge in [0.25, 0.3) is 0 Å². The van der Waals surface area contributed by atoms with Crippen LogP contribution in [0.2, 0.25) is 5.02 Å². The number of guanidine groups is 1. The Morgan fingerprint density at radius 1 is 1.19 bits per heavy atom. The second-order valence-corrected chi connectivity index (χ2v) is 8.66. The van der Waals surface area contributed by atoms with Gasteiger partial charge in [-0.2, -0.15) is 10.4 Å². The third-order valence-corrected chi connectivity index (χ3v) is 6.56. The molecular weight excluding hydrogens is 424 g/mol. The van der Waals surface area contributed by atoms with Gasteiger partial charge in [-0.3, -0.25) is 10.1 Å². The molecule has 2 heterocycles. The van der Waals surface area contributed by atoms with Crippen molar-refractivity contribution in [3.8, 4) is 6.19 Å². The smallest absolute Gasteiger partial charge is 0.228 e. The number of carbonyl (C=O) groups excluding carboxylic acids is 1. The standard InChI is InChI=1S/C24H23ClN6O/c25-18-10-7-17(8-11-18)23-21(30-13-3-6-22(30)32)14-31(29-23)24(27-15-26)28-20-12-9-16-4-1-2-5-19(16)20/h1-2,4-5,7-8,10-11,20-21H,3,6,9,12-14H2,(H,27,28). The molecule has 2 aliphatic heterocycles. The molecule has 1 amide bonds. The fourth-order valence-corrected chi connectivity index (χ4v) is 4.89. The molecule has 0 aromatic heterocycles. The highest BCUT2D eigenvalue weighted by molar-refractivity contribution is 6.30. The number of benzene rings is 2. The highest BCUT2D eigenvalue weighted by atomic mass is 35.5. The van der Waals surface area contributed by atoms with Gasteiger partial charge < -0.3 is 4.90 Å². The summed E-state index contributed by atoms with van der Waals surface area (Å²) in [6.07, 6.45) is 5.27. The van der Waals surface area contributed by atoms with Crippen LogP contribution in [0.15, 0.2) is 58.6 Å². The van der Waals surface area contributed by atoms with E-state index in [9.17, 15) is 10.1 Å². The zero-order valence-electron chi connectivity index (χ0n) is 17.5. The third kappa shape index (κ3) is 3.82. The van der Waals surface area contributed by atoms with E-state index < -0.39 is 0 Å². The lowest BCUT2D eigenvalue weighted by Gasteiger charge is -2.26. The molecule has 1 aliphatic carbocycles. The Balaban J connectivity index is 1.50. The Labute approximate surface area is 192 Å². The third-order valence-electron chi connectivity index (χ3n) is 6.31. The molecule has 0 saturated carbocycles. The van der Waals surface area contributed by atoms with Crippen molar-refractivity contribution < 1.29 is 4.79 Å². The number of aryl methyl sites for hydroxylation is 1. The molecule has 2 aromatic rings. The minimum Gasteiger partial charge on any atom is -0.332 e. The monoisotopic (exact) mass is 446 g/mol. The quantitative estimate of drug-likeness (QED) is 0.338. The lowest BCUT2D eigenvalue weighted by atomic mass is 10.0. The van der Waals surface area contributed by atoms with Gasteiger partial charge in [0, 0.05) is 23.6 Å². The first-order valence-corrected chi connectivity index (χ1v) is 11.2. The van der Waals surface area contributed by atoms with Crippen LogP contribution in [0.4, 0.5) is 0 Å². The number of aliphatic imine (C=N–C) groups is 1. The highest BCUT2D eigenvalue weighted by Crippen LogP contribution is 2.34. The first-order chi connectivity index (χ1) is 15.6. The predicted molar refractivity (Wildman–Crippen MR) is 123 cm³/mol. The molecule has 3 aliphatic rings. The van der Waals surface area contributed by atoms with Crippen LogP contribution >= 0.6 is 11.6 Å². The SMILES string of the molecule is N#CNC(=NC1CCc2ccccc21)N1CC(N2CCCC2=O)C(c2ccc(Cl)cc2)=N1. The van der Waals surface area contributed by atoms with E-state index >= 15 is 0 Å². The Hall–Kier alpha value is -3.37. The lowest BCUT2D eigenvalue weighted by molar-refractivity contribution is -0.128. The lowest BCUT2D eigenvalue weighted by Crippen LogP contribution is -2.45. The number of halogens is 1. The number of hydrogen-bond acceptors (Lipinski definition) is 4. The van der Waals surface area contributed by atoms with Crippen molar-refractivity contribution >= 4 is 29.2 Å². The van der Waals surface area contributed by atoms with Crippen molar-refractivity contribution in [1.29, 1.82) is 5.26 Å². The van der Waals surface area contributed by atoms with Crippen LogP contribution in [-0.4, -0.2) is 46.6 Å². The molecule has 2 atom stereocenters. The number of nitrogens with one attached hydrogen (secondary N) is 1. The normalized spacial score (nSPS) is 22.7. The molecule has 7 nitrogen and oxygen atoms in total. The van der Waals surface area contributed by atoms with Crippen molar-refractivity contribution in [2.45, 2.75) is 37.8 Å².